The zero-order valence-corrected chi connectivity index (χ0v) is 34.9. The van der Waals surface area contributed by atoms with Crippen LogP contribution in [0, 0.1) is 16.7 Å². The first-order chi connectivity index (χ1) is 23.7. The third-order valence-corrected chi connectivity index (χ3v) is 11.1. The SMILES string of the molecule is CCCCCCCCCCCCCCCCCOCC(CC(C)(C)CCOCCCCCCCCCCCCCCCCCF)C(C)(C)C. The molecule has 0 radical (unpaired) electrons. The number of unbranched alkanes of at least 4 members (excludes halogenated alkanes) is 28. The van der Waals surface area contributed by atoms with E-state index >= 15 is 0 Å². The normalized spacial score (nSPS) is 13.0. The van der Waals surface area contributed by atoms with Crippen molar-refractivity contribution in [1.82, 2.24) is 0 Å². The molecule has 0 aromatic rings. The van der Waals surface area contributed by atoms with Crippen LogP contribution < -0.4 is 0 Å². The lowest BCUT2D eigenvalue weighted by atomic mass is 9.71. The molecular formula is C46H93FO2. The van der Waals surface area contributed by atoms with Crippen LogP contribution in [-0.2, 0) is 9.47 Å². The van der Waals surface area contributed by atoms with Crippen LogP contribution in [0.1, 0.15) is 247 Å². The summed E-state index contributed by atoms with van der Waals surface area (Å²) in [5.41, 5.74) is 0.553. The van der Waals surface area contributed by atoms with Gasteiger partial charge in [-0.3, -0.25) is 4.39 Å². The summed E-state index contributed by atoms with van der Waals surface area (Å²) >= 11 is 0. The molecule has 0 saturated carbocycles. The molecule has 0 aliphatic heterocycles. The minimum absolute atomic E-state index is 0.138. The van der Waals surface area contributed by atoms with Crippen molar-refractivity contribution < 1.29 is 13.9 Å². The summed E-state index contributed by atoms with van der Waals surface area (Å²) in [6, 6.07) is 0. The maximum Gasteiger partial charge on any atom is 0.0894 e. The molecule has 0 aliphatic carbocycles. The molecule has 3 heteroatoms. The van der Waals surface area contributed by atoms with Crippen LogP contribution >= 0.6 is 0 Å². The smallest absolute Gasteiger partial charge is 0.0894 e. The molecule has 0 bridgehead atoms. The predicted molar refractivity (Wildman–Crippen MR) is 218 cm³/mol. The summed E-state index contributed by atoms with van der Waals surface area (Å²) in [5.74, 6) is 0.586. The molecule has 0 amide bonds. The minimum Gasteiger partial charge on any atom is -0.381 e. The second-order valence-electron chi connectivity index (χ2n) is 17.8. The highest BCUT2D eigenvalue weighted by Gasteiger charge is 2.31. The lowest BCUT2D eigenvalue weighted by molar-refractivity contribution is 0.0205. The topological polar surface area (TPSA) is 18.5 Å². The Balaban J connectivity index is 3.68. The first kappa shape index (κ1) is 48.9. The molecule has 1 atom stereocenters. The van der Waals surface area contributed by atoms with E-state index in [1.54, 1.807) is 0 Å². The fourth-order valence-corrected chi connectivity index (χ4v) is 7.23. The van der Waals surface area contributed by atoms with E-state index in [2.05, 4.69) is 41.5 Å². The fourth-order valence-electron chi connectivity index (χ4n) is 7.23. The fraction of sp³-hybridized carbons (Fsp3) is 1.00. The van der Waals surface area contributed by atoms with E-state index in [4.69, 9.17) is 9.47 Å². The molecule has 0 saturated heterocycles. The molecule has 2 nitrogen and oxygen atoms in total. The maximum atomic E-state index is 12.1. The van der Waals surface area contributed by atoms with Crippen LogP contribution in [0.2, 0.25) is 0 Å². The van der Waals surface area contributed by atoms with Crippen molar-refractivity contribution in [3.63, 3.8) is 0 Å². The lowest BCUT2D eigenvalue weighted by Crippen LogP contribution is -2.31. The Kier molecular flexibility index (Phi) is 36.1. The van der Waals surface area contributed by atoms with Gasteiger partial charge in [0, 0.05) is 26.4 Å². The van der Waals surface area contributed by atoms with Crippen molar-refractivity contribution in [3.05, 3.63) is 0 Å². The van der Waals surface area contributed by atoms with Gasteiger partial charge in [0.05, 0.1) is 6.67 Å². The van der Waals surface area contributed by atoms with Crippen molar-refractivity contribution in [2.75, 3.05) is 33.1 Å². The van der Waals surface area contributed by atoms with E-state index in [0.29, 0.717) is 5.92 Å². The van der Waals surface area contributed by atoms with Crippen LogP contribution in [0.4, 0.5) is 4.39 Å². The van der Waals surface area contributed by atoms with Crippen molar-refractivity contribution >= 4 is 0 Å². The van der Waals surface area contributed by atoms with Gasteiger partial charge in [-0.05, 0) is 48.9 Å². The molecule has 0 fully saturated rings. The Labute approximate surface area is 310 Å². The van der Waals surface area contributed by atoms with E-state index in [-0.39, 0.29) is 17.5 Å². The molecular weight excluding hydrogens is 604 g/mol. The molecule has 1 unspecified atom stereocenters. The number of hydrogen-bond donors (Lipinski definition) is 0. The number of rotatable bonds is 40. The van der Waals surface area contributed by atoms with Gasteiger partial charge >= 0.3 is 0 Å². The van der Waals surface area contributed by atoms with Crippen molar-refractivity contribution in [1.29, 1.82) is 0 Å². The minimum atomic E-state index is -0.138. The van der Waals surface area contributed by atoms with Gasteiger partial charge in [-0.1, -0.05) is 215 Å². The Morgan fingerprint density at radius 2 is 0.735 bits per heavy atom. The molecule has 0 N–H and O–H groups in total. The van der Waals surface area contributed by atoms with Gasteiger partial charge in [-0.2, -0.15) is 0 Å². The van der Waals surface area contributed by atoms with Gasteiger partial charge < -0.3 is 9.47 Å². The predicted octanol–water partition coefficient (Wildman–Crippen LogP) is 16.2. The molecule has 0 rings (SSSR count). The van der Waals surface area contributed by atoms with Crippen molar-refractivity contribution in [3.8, 4) is 0 Å². The van der Waals surface area contributed by atoms with E-state index < -0.39 is 0 Å². The zero-order valence-electron chi connectivity index (χ0n) is 34.9. The second kappa shape index (κ2) is 36.2. The Morgan fingerprint density at radius 3 is 1.08 bits per heavy atom. The van der Waals surface area contributed by atoms with Crippen LogP contribution in [0.5, 0.6) is 0 Å². The second-order valence-corrected chi connectivity index (χ2v) is 17.8. The highest BCUT2D eigenvalue weighted by atomic mass is 19.1. The van der Waals surface area contributed by atoms with Gasteiger partial charge in [0.25, 0.3) is 0 Å². The van der Waals surface area contributed by atoms with Crippen LogP contribution in [0.15, 0.2) is 0 Å². The Morgan fingerprint density at radius 1 is 0.408 bits per heavy atom. The van der Waals surface area contributed by atoms with Crippen LogP contribution in [-0.4, -0.2) is 33.1 Å². The Hall–Kier alpha value is -0.150. The average molecular weight is 697 g/mol. The quantitative estimate of drug-likeness (QED) is 0.0594. The highest BCUT2D eigenvalue weighted by Crippen LogP contribution is 2.38. The standard InChI is InChI=1S/C46H93FO2/c1-7-8-9-10-11-12-13-14-17-21-24-27-30-33-36-40-49-43-44(45(2,3)4)42-46(5,6)37-41-48-39-35-32-29-26-23-20-18-15-16-19-22-25-28-31-34-38-47/h44H,7-43H2,1-6H3. The monoisotopic (exact) mass is 697 g/mol. The molecule has 0 aromatic carbocycles. The first-order valence-electron chi connectivity index (χ1n) is 22.4. The number of alkyl halides is 1. The molecule has 296 valence electrons. The molecule has 49 heavy (non-hydrogen) atoms. The van der Waals surface area contributed by atoms with Gasteiger partial charge in [0.15, 0.2) is 0 Å². The van der Waals surface area contributed by atoms with Crippen LogP contribution in [0.3, 0.4) is 0 Å². The third kappa shape index (κ3) is 37.4. The third-order valence-electron chi connectivity index (χ3n) is 11.1. The summed E-state index contributed by atoms with van der Waals surface area (Å²) in [6.45, 7) is 17.8. The van der Waals surface area contributed by atoms with Crippen molar-refractivity contribution in [2.45, 2.75) is 247 Å². The van der Waals surface area contributed by atoms with E-state index in [9.17, 15) is 4.39 Å². The zero-order chi connectivity index (χ0) is 36.2. The summed E-state index contributed by atoms with van der Waals surface area (Å²) in [7, 11) is 0. The largest absolute Gasteiger partial charge is 0.381 e. The number of hydrogen-bond acceptors (Lipinski definition) is 2. The molecule has 0 aliphatic rings. The molecule has 0 heterocycles. The van der Waals surface area contributed by atoms with Crippen LogP contribution in [0.25, 0.3) is 0 Å². The number of halogens is 1. The van der Waals surface area contributed by atoms with E-state index in [1.807, 2.05) is 0 Å². The highest BCUT2D eigenvalue weighted by molar-refractivity contribution is 4.81. The average Bonchev–Trinajstić information content (AvgIpc) is 3.06. The Bertz CT molecular complexity index is 627. The van der Waals surface area contributed by atoms with Gasteiger partial charge in [-0.15, -0.1) is 0 Å². The molecule has 0 aromatic heterocycles. The van der Waals surface area contributed by atoms with Gasteiger partial charge in [-0.25, -0.2) is 0 Å². The summed E-state index contributed by atoms with van der Waals surface area (Å²) in [4.78, 5) is 0. The maximum absolute atomic E-state index is 12.1. The molecule has 0 spiro atoms. The van der Waals surface area contributed by atoms with Gasteiger partial charge in [0.1, 0.15) is 0 Å². The summed E-state index contributed by atoms with van der Waals surface area (Å²) in [6.07, 6.45) is 42.9. The summed E-state index contributed by atoms with van der Waals surface area (Å²) < 4.78 is 24.5. The lowest BCUT2D eigenvalue weighted by Gasteiger charge is -2.37. The summed E-state index contributed by atoms with van der Waals surface area (Å²) in [5, 5.41) is 0. The van der Waals surface area contributed by atoms with Gasteiger partial charge in [0.2, 0.25) is 0 Å². The van der Waals surface area contributed by atoms with E-state index in [0.717, 1.165) is 45.7 Å². The van der Waals surface area contributed by atoms with Crippen molar-refractivity contribution in [2.24, 2.45) is 16.7 Å². The first-order valence-corrected chi connectivity index (χ1v) is 22.4. The number of ether oxygens (including phenoxy) is 2. The van der Waals surface area contributed by atoms with E-state index in [1.165, 1.54) is 186 Å².